The van der Waals surface area contributed by atoms with Crippen LogP contribution in [0.3, 0.4) is 0 Å². The maximum absolute atomic E-state index is 11.3. The molecule has 0 aliphatic heterocycles. The lowest BCUT2D eigenvalue weighted by molar-refractivity contribution is -0.123. The molecular weight excluding hydrogens is 178 g/mol. The van der Waals surface area contributed by atoms with Gasteiger partial charge in [0.05, 0.1) is 6.54 Å². The first-order valence-corrected chi connectivity index (χ1v) is 5.23. The van der Waals surface area contributed by atoms with Gasteiger partial charge in [-0.2, -0.15) is 0 Å². The number of nitrogens with two attached hydrogens (primary N) is 1. The van der Waals surface area contributed by atoms with Crippen LogP contribution in [0, 0.1) is 0 Å². The third-order valence-electron chi connectivity index (χ3n) is 2.12. The van der Waals surface area contributed by atoms with Gasteiger partial charge in [-0.3, -0.25) is 9.59 Å². The van der Waals surface area contributed by atoms with Crippen LogP contribution in [0.25, 0.3) is 0 Å². The summed E-state index contributed by atoms with van der Waals surface area (Å²) in [6.45, 7) is 0.510. The summed E-state index contributed by atoms with van der Waals surface area (Å²) in [6.07, 6.45) is 5.04. The molecule has 0 fully saturated rings. The van der Waals surface area contributed by atoms with Crippen LogP contribution < -0.4 is 5.73 Å². The molecule has 82 valence electrons. The fourth-order valence-electron chi connectivity index (χ4n) is 1.18. The average molecular weight is 200 g/mol. The van der Waals surface area contributed by atoms with Crippen LogP contribution in [0.1, 0.15) is 53.2 Å². The number of rotatable bonds is 9. The van der Waals surface area contributed by atoms with Crippen LogP contribution in [0.2, 0.25) is 0 Å². The summed E-state index contributed by atoms with van der Waals surface area (Å²) in [5, 5.41) is 0. The molecule has 0 aromatic carbocycles. The predicted octanol–water partition coefficient (Wildman–Crippen LogP) is 1.83. The number of Topliss-reactive ketones (excluding diaryl/α,β-unsaturated/α-hetero) is 2. The second-order valence-electron chi connectivity index (χ2n) is 3.45. The first-order valence-electron chi connectivity index (χ1n) is 5.94. The molecule has 0 amide bonds. The summed E-state index contributed by atoms with van der Waals surface area (Å²) in [4.78, 5) is 22.1. The quantitative estimate of drug-likeness (QED) is 0.578. The summed E-state index contributed by atoms with van der Waals surface area (Å²) in [7, 11) is 0. The molecular formula is C11H21NO2. The van der Waals surface area contributed by atoms with E-state index in [1.807, 2.05) is 0 Å². The van der Waals surface area contributed by atoms with E-state index in [0.717, 1.165) is 25.7 Å². The zero-order valence-electron chi connectivity index (χ0n) is 9.76. The van der Waals surface area contributed by atoms with Crippen molar-refractivity contribution in [2.24, 2.45) is 5.73 Å². The highest BCUT2D eigenvalue weighted by atomic mass is 16.1. The van der Waals surface area contributed by atoms with Crippen LogP contribution >= 0.6 is 0 Å². The Hall–Kier alpha value is -0.700. The summed E-state index contributed by atoms with van der Waals surface area (Å²) in [5.41, 5.74) is 5.13. The number of hydrogen-bond donors (Lipinski definition) is 1. The van der Waals surface area contributed by atoms with Crippen molar-refractivity contribution in [3.05, 3.63) is 0 Å². The maximum Gasteiger partial charge on any atom is 0.146 e. The van der Waals surface area contributed by atoms with Crippen molar-refractivity contribution in [3.63, 3.8) is 0 Å². The van der Waals surface area contributed by atoms with Crippen molar-refractivity contribution in [2.75, 3.05) is 6.54 Å². The van der Waals surface area contributed by atoms with E-state index in [4.69, 9.17) is 7.10 Å². The van der Waals surface area contributed by atoms with Crippen LogP contribution in [0.4, 0.5) is 0 Å². The van der Waals surface area contributed by atoms with Gasteiger partial charge in [-0.1, -0.05) is 26.2 Å². The molecule has 0 aliphatic carbocycles. The molecule has 14 heavy (non-hydrogen) atoms. The Labute approximate surface area is 87.5 Å². The lowest BCUT2D eigenvalue weighted by Gasteiger charge is -1.99. The first kappa shape index (κ1) is 11.4. The maximum atomic E-state index is 11.3. The Morgan fingerprint density at radius 2 is 1.79 bits per heavy atom. The van der Waals surface area contributed by atoms with Crippen LogP contribution in [0.15, 0.2) is 0 Å². The van der Waals surface area contributed by atoms with E-state index in [9.17, 15) is 9.59 Å². The number of carbonyl (C=O) groups excluding carboxylic acids is 2. The molecule has 2 N–H and O–H groups in total. The van der Waals surface area contributed by atoms with Gasteiger partial charge < -0.3 is 5.73 Å². The zero-order valence-corrected chi connectivity index (χ0v) is 8.76. The van der Waals surface area contributed by atoms with Gasteiger partial charge in [-0.05, 0) is 6.42 Å². The summed E-state index contributed by atoms with van der Waals surface area (Å²) >= 11 is 0. The van der Waals surface area contributed by atoms with Gasteiger partial charge in [0, 0.05) is 20.6 Å². The van der Waals surface area contributed by atoms with Gasteiger partial charge in [0.25, 0.3) is 0 Å². The molecule has 0 aromatic heterocycles. The molecule has 3 nitrogen and oxygen atoms in total. The highest BCUT2D eigenvalue weighted by molar-refractivity contribution is 5.86. The van der Waals surface area contributed by atoms with Crippen LogP contribution in [0.5, 0.6) is 0 Å². The molecule has 0 saturated heterocycles. The van der Waals surface area contributed by atoms with E-state index >= 15 is 0 Å². The minimum Gasteiger partial charge on any atom is -0.324 e. The molecule has 0 heterocycles. The van der Waals surface area contributed by atoms with Gasteiger partial charge in [0.15, 0.2) is 0 Å². The van der Waals surface area contributed by atoms with Crippen molar-refractivity contribution >= 4 is 11.6 Å². The van der Waals surface area contributed by atoms with E-state index in [0.29, 0.717) is 26.2 Å². The predicted molar refractivity (Wildman–Crippen MR) is 57.1 cm³/mol. The van der Waals surface area contributed by atoms with E-state index in [1.165, 1.54) is 0 Å². The van der Waals surface area contributed by atoms with Crippen molar-refractivity contribution in [2.45, 2.75) is 51.8 Å². The Morgan fingerprint density at radius 1 is 1.07 bits per heavy atom. The monoisotopic (exact) mass is 200 g/mol. The first-order chi connectivity index (χ1) is 7.20. The normalized spacial score (nSPS) is 11.1. The smallest absolute Gasteiger partial charge is 0.146 e. The van der Waals surface area contributed by atoms with Gasteiger partial charge >= 0.3 is 0 Å². The standard InChI is InChI=1S/C11H21NO2/c1-2-3-4-5-6-10(13)7-8-11(14)9-12/h2-9,12H2,1H3/i1D. The van der Waals surface area contributed by atoms with E-state index in [2.05, 4.69) is 0 Å². The Bertz CT molecular complexity index is 195. The molecule has 0 unspecified atom stereocenters. The summed E-state index contributed by atoms with van der Waals surface area (Å²) in [6, 6.07) is 0. The molecule has 0 aliphatic rings. The fraction of sp³-hybridized carbons (Fsp3) is 0.818. The number of ketones is 2. The van der Waals surface area contributed by atoms with Crippen LogP contribution in [-0.4, -0.2) is 18.1 Å². The van der Waals surface area contributed by atoms with Gasteiger partial charge in [-0.15, -0.1) is 0 Å². The molecule has 0 rings (SSSR count). The minimum absolute atomic E-state index is 0.0385. The highest BCUT2D eigenvalue weighted by Crippen LogP contribution is 2.05. The molecule has 0 spiro atoms. The second kappa shape index (κ2) is 8.88. The van der Waals surface area contributed by atoms with E-state index < -0.39 is 0 Å². The van der Waals surface area contributed by atoms with Crippen LogP contribution in [-0.2, 0) is 9.59 Å². The summed E-state index contributed by atoms with van der Waals surface area (Å²) < 4.78 is 6.94. The van der Waals surface area contributed by atoms with Gasteiger partial charge in [-0.25, -0.2) is 0 Å². The molecule has 0 saturated carbocycles. The Morgan fingerprint density at radius 3 is 2.43 bits per heavy atom. The van der Waals surface area contributed by atoms with Gasteiger partial charge in [0.1, 0.15) is 11.6 Å². The largest absolute Gasteiger partial charge is 0.324 e. The average Bonchev–Trinajstić information content (AvgIpc) is 2.25. The SMILES string of the molecule is [2H]CCCCCCC(=O)CCC(=O)CN. The second-order valence-corrected chi connectivity index (χ2v) is 3.45. The van der Waals surface area contributed by atoms with E-state index in [-0.39, 0.29) is 18.1 Å². The topological polar surface area (TPSA) is 60.2 Å². The van der Waals surface area contributed by atoms with Crippen molar-refractivity contribution in [1.29, 1.82) is 0 Å². The lowest BCUT2D eigenvalue weighted by atomic mass is 10.1. The fourth-order valence-corrected chi connectivity index (χ4v) is 1.18. The van der Waals surface area contributed by atoms with Gasteiger partial charge in [0.2, 0.25) is 0 Å². The molecule has 0 bridgehead atoms. The minimum atomic E-state index is -0.0439. The van der Waals surface area contributed by atoms with Crippen molar-refractivity contribution in [3.8, 4) is 0 Å². The molecule has 3 heteroatoms. The van der Waals surface area contributed by atoms with Crippen molar-refractivity contribution < 1.29 is 11.0 Å². The van der Waals surface area contributed by atoms with Crippen molar-refractivity contribution in [1.82, 2.24) is 0 Å². The third kappa shape index (κ3) is 7.92. The summed E-state index contributed by atoms with van der Waals surface area (Å²) in [5.74, 6) is 0.111. The highest BCUT2D eigenvalue weighted by Gasteiger charge is 2.05. The number of carbonyl (C=O) groups is 2. The molecule has 0 atom stereocenters. The zero-order chi connectivity index (χ0) is 11.5. The number of unbranched alkanes of at least 4 members (excludes halogenated alkanes) is 3. The number of hydrogen-bond acceptors (Lipinski definition) is 3. The Kier molecular flexibility index (Phi) is 7.21. The third-order valence-corrected chi connectivity index (χ3v) is 2.12. The molecule has 0 aromatic rings. The van der Waals surface area contributed by atoms with E-state index in [1.54, 1.807) is 0 Å². The lowest BCUT2D eigenvalue weighted by Crippen LogP contribution is -2.14. The Balaban J connectivity index is 3.30. The molecule has 0 radical (unpaired) electrons.